The predicted octanol–water partition coefficient (Wildman–Crippen LogP) is 3.32. The van der Waals surface area contributed by atoms with Crippen molar-refractivity contribution in [3.05, 3.63) is 84.4 Å². The number of ether oxygens (including phenoxy) is 2. The number of carbonyl (C=O) groups is 2. The molecule has 0 unspecified atom stereocenters. The molecule has 1 N–H and O–H groups in total. The van der Waals surface area contributed by atoms with Crippen molar-refractivity contribution >= 4 is 33.3 Å². The Balaban J connectivity index is 1.91. The van der Waals surface area contributed by atoms with Crippen molar-refractivity contribution < 1.29 is 27.5 Å². The molecule has 0 atom stereocenters. The van der Waals surface area contributed by atoms with Crippen LogP contribution in [0.1, 0.15) is 10.4 Å². The van der Waals surface area contributed by atoms with Gasteiger partial charge in [0.15, 0.2) is 0 Å². The van der Waals surface area contributed by atoms with E-state index in [1.54, 1.807) is 42.5 Å². The first-order valence-corrected chi connectivity index (χ1v) is 11.0. The molecule has 0 spiro atoms. The van der Waals surface area contributed by atoms with Crippen LogP contribution in [0.15, 0.2) is 83.8 Å². The highest BCUT2D eigenvalue weighted by Gasteiger charge is 2.29. The van der Waals surface area contributed by atoms with Gasteiger partial charge in [-0.05, 0) is 48.5 Å². The zero-order chi connectivity index (χ0) is 23.1. The van der Waals surface area contributed by atoms with E-state index in [-0.39, 0.29) is 10.6 Å². The number of nitrogens with zero attached hydrogens (tertiary/aromatic N) is 1. The van der Waals surface area contributed by atoms with Gasteiger partial charge in [-0.25, -0.2) is 13.2 Å². The number of amides is 1. The lowest BCUT2D eigenvalue weighted by Gasteiger charge is -2.25. The third kappa shape index (κ3) is 5.06. The van der Waals surface area contributed by atoms with E-state index in [4.69, 9.17) is 4.74 Å². The Labute approximate surface area is 186 Å². The summed E-state index contributed by atoms with van der Waals surface area (Å²) in [5.41, 5.74) is 0.961. The van der Waals surface area contributed by atoms with Crippen molar-refractivity contribution in [2.75, 3.05) is 30.4 Å². The van der Waals surface area contributed by atoms with Crippen molar-refractivity contribution in [3.63, 3.8) is 0 Å². The number of hydrogen-bond acceptors (Lipinski definition) is 6. The summed E-state index contributed by atoms with van der Waals surface area (Å²) in [5, 5.41) is 2.65. The van der Waals surface area contributed by atoms with Crippen LogP contribution in [-0.4, -0.2) is 41.1 Å². The number of esters is 1. The Morgan fingerprint density at radius 1 is 0.875 bits per heavy atom. The fraction of sp³-hybridized carbons (Fsp3) is 0.130. The molecule has 0 saturated heterocycles. The number of nitrogens with one attached hydrogen (secondary N) is 1. The van der Waals surface area contributed by atoms with Gasteiger partial charge in [-0.2, -0.15) is 0 Å². The molecule has 32 heavy (non-hydrogen) atoms. The number of hydrogen-bond donors (Lipinski definition) is 1. The minimum Gasteiger partial charge on any atom is -0.495 e. The zero-order valence-electron chi connectivity index (χ0n) is 17.5. The highest BCUT2D eigenvalue weighted by molar-refractivity contribution is 7.92. The maximum atomic E-state index is 13.4. The van der Waals surface area contributed by atoms with Crippen molar-refractivity contribution in [3.8, 4) is 5.75 Å². The highest BCUT2D eigenvalue weighted by atomic mass is 32.2. The highest BCUT2D eigenvalue weighted by Crippen LogP contribution is 2.32. The van der Waals surface area contributed by atoms with Crippen molar-refractivity contribution in [1.29, 1.82) is 0 Å². The average Bonchev–Trinajstić information content (AvgIpc) is 2.83. The van der Waals surface area contributed by atoms with Crippen LogP contribution < -0.4 is 14.4 Å². The van der Waals surface area contributed by atoms with E-state index in [0.717, 1.165) is 4.31 Å². The second-order valence-electron chi connectivity index (χ2n) is 6.61. The maximum Gasteiger partial charge on any atom is 0.337 e. The van der Waals surface area contributed by atoms with Gasteiger partial charge in [-0.15, -0.1) is 0 Å². The maximum absolute atomic E-state index is 13.4. The van der Waals surface area contributed by atoms with E-state index in [9.17, 15) is 18.0 Å². The number of anilines is 2. The van der Waals surface area contributed by atoms with E-state index < -0.39 is 28.4 Å². The molecule has 0 aliphatic rings. The largest absolute Gasteiger partial charge is 0.495 e. The lowest BCUT2D eigenvalue weighted by molar-refractivity contribution is -0.114. The van der Waals surface area contributed by atoms with Crippen molar-refractivity contribution in [2.45, 2.75) is 4.90 Å². The Morgan fingerprint density at radius 2 is 1.50 bits per heavy atom. The molecule has 0 aliphatic heterocycles. The normalized spacial score (nSPS) is 10.8. The Kier molecular flexibility index (Phi) is 7.11. The minimum atomic E-state index is -4.06. The lowest BCUT2D eigenvalue weighted by atomic mass is 10.2. The van der Waals surface area contributed by atoms with Gasteiger partial charge in [-0.1, -0.05) is 30.3 Å². The van der Waals surface area contributed by atoms with E-state index in [1.807, 2.05) is 0 Å². The molecule has 0 fully saturated rings. The number of para-hydroxylation sites is 2. The van der Waals surface area contributed by atoms with Crippen molar-refractivity contribution in [1.82, 2.24) is 0 Å². The summed E-state index contributed by atoms with van der Waals surface area (Å²) in [6, 6.07) is 20.5. The van der Waals surface area contributed by atoms with Crippen molar-refractivity contribution in [2.24, 2.45) is 0 Å². The second kappa shape index (κ2) is 9.97. The van der Waals surface area contributed by atoms with Crippen LogP contribution in [0, 0.1) is 0 Å². The number of carbonyl (C=O) groups excluding carboxylic acids is 2. The van der Waals surface area contributed by atoms with Gasteiger partial charge in [0.1, 0.15) is 12.3 Å². The van der Waals surface area contributed by atoms with Gasteiger partial charge in [0.05, 0.1) is 30.4 Å². The molecule has 1 amide bonds. The zero-order valence-corrected chi connectivity index (χ0v) is 18.3. The fourth-order valence-corrected chi connectivity index (χ4v) is 4.45. The van der Waals surface area contributed by atoms with Crippen LogP contribution in [0.3, 0.4) is 0 Å². The summed E-state index contributed by atoms with van der Waals surface area (Å²) in [5.74, 6) is -0.761. The van der Waals surface area contributed by atoms with Gasteiger partial charge >= 0.3 is 5.97 Å². The lowest BCUT2D eigenvalue weighted by Crippen LogP contribution is -2.38. The van der Waals surface area contributed by atoms with E-state index in [1.165, 1.54) is 50.6 Å². The molecule has 3 rings (SSSR count). The molecular weight excluding hydrogens is 432 g/mol. The molecular formula is C23H22N2O6S. The van der Waals surface area contributed by atoms with Crippen LogP contribution in [0.4, 0.5) is 11.4 Å². The molecule has 0 saturated carbocycles. The summed E-state index contributed by atoms with van der Waals surface area (Å²) in [4.78, 5) is 24.4. The third-order valence-corrected chi connectivity index (χ3v) is 6.34. The first-order valence-electron chi connectivity index (χ1n) is 9.56. The summed E-state index contributed by atoms with van der Waals surface area (Å²) < 4.78 is 37.7. The smallest absolute Gasteiger partial charge is 0.337 e. The molecule has 0 bridgehead atoms. The number of rotatable bonds is 8. The van der Waals surface area contributed by atoms with Gasteiger partial charge in [0.25, 0.3) is 10.0 Å². The first-order chi connectivity index (χ1) is 15.4. The molecule has 0 radical (unpaired) electrons. The van der Waals surface area contributed by atoms with Crippen LogP contribution in [0.25, 0.3) is 0 Å². The summed E-state index contributed by atoms with van der Waals surface area (Å²) in [7, 11) is -1.36. The Bertz CT molecular complexity index is 1190. The monoisotopic (exact) mass is 454 g/mol. The standard InChI is InChI=1S/C23H22N2O6S/c1-30-21-11-7-6-10-20(21)25(32(28,29)19-8-4-3-5-9-19)16-22(26)24-18-14-12-17(13-15-18)23(27)31-2/h3-15H,16H2,1-2H3,(H,24,26). The molecule has 0 aliphatic carbocycles. The molecule has 8 nitrogen and oxygen atoms in total. The topological polar surface area (TPSA) is 102 Å². The molecule has 9 heteroatoms. The van der Waals surface area contributed by atoms with Gasteiger partial charge in [0, 0.05) is 5.69 Å². The van der Waals surface area contributed by atoms with Crippen LogP contribution in [0.5, 0.6) is 5.75 Å². The summed E-state index contributed by atoms with van der Waals surface area (Å²) >= 11 is 0. The Hall–Kier alpha value is -3.85. The number of methoxy groups -OCH3 is 2. The van der Waals surface area contributed by atoms with Gasteiger partial charge in [0.2, 0.25) is 5.91 Å². The van der Waals surface area contributed by atoms with Crippen LogP contribution in [-0.2, 0) is 19.6 Å². The van der Waals surface area contributed by atoms with Crippen LogP contribution in [0.2, 0.25) is 0 Å². The first kappa shape index (κ1) is 22.8. The van der Waals surface area contributed by atoms with Crippen LogP contribution >= 0.6 is 0 Å². The Morgan fingerprint density at radius 3 is 2.12 bits per heavy atom. The minimum absolute atomic E-state index is 0.0427. The predicted molar refractivity (Wildman–Crippen MR) is 120 cm³/mol. The fourth-order valence-electron chi connectivity index (χ4n) is 2.99. The SMILES string of the molecule is COC(=O)c1ccc(NC(=O)CN(c2ccccc2OC)S(=O)(=O)c2ccccc2)cc1. The summed E-state index contributed by atoms with van der Waals surface area (Å²) in [6.45, 7) is -0.490. The summed E-state index contributed by atoms with van der Waals surface area (Å²) in [6.07, 6.45) is 0. The average molecular weight is 455 g/mol. The van der Waals surface area contributed by atoms with E-state index >= 15 is 0 Å². The number of benzene rings is 3. The second-order valence-corrected chi connectivity index (χ2v) is 8.48. The molecule has 3 aromatic rings. The quantitative estimate of drug-likeness (QED) is 0.524. The number of sulfonamides is 1. The third-order valence-electron chi connectivity index (χ3n) is 4.56. The van der Waals surface area contributed by atoms with Gasteiger partial charge < -0.3 is 14.8 Å². The van der Waals surface area contributed by atoms with E-state index in [0.29, 0.717) is 17.0 Å². The molecule has 3 aromatic carbocycles. The molecule has 0 heterocycles. The van der Waals surface area contributed by atoms with E-state index in [2.05, 4.69) is 10.1 Å². The molecule has 166 valence electrons. The molecule has 0 aromatic heterocycles. The van der Waals surface area contributed by atoms with Gasteiger partial charge in [-0.3, -0.25) is 9.10 Å².